The van der Waals surface area contributed by atoms with E-state index in [1.165, 1.54) is 42.8 Å². The molecular weight excluding hydrogens is 386 g/mol. The number of hydrogen-bond acceptors (Lipinski definition) is 3. The lowest BCUT2D eigenvalue weighted by Gasteiger charge is -2.54. The van der Waals surface area contributed by atoms with Crippen LogP contribution in [0, 0.1) is 17.8 Å². The number of quaternary nitrogens is 1. The number of carbonyl (C=O) groups excluding carboxylic acids is 1. The average molecular weight is 421 g/mol. The van der Waals surface area contributed by atoms with Crippen molar-refractivity contribution in [3.05, 3.63) is 24.3 Å². The van der Waals surface area contributed by atoms with Crippen LogP contribution in [0.4, 0.5) is 5.69 Å². The third kappa shape index (κ3) is 4.23. The maximum atomic E-state index is 12.6. The Labute approximate surface area is 174 Å². The number of rotatable bonds is 8. The van der Waals surface area contributed by atoms with Gasteiger partial charge in [-0.05, 0) is 61.3 Å². The summed E-state index contributed by atoms with van der Waals surface area (Å²) in [5.74, 6) is 2.61. The van der Waals surface area contributed by atoms with Gasteiger partial charge < -0.3 is 10.6 Å². The first-order chi connectivity index (χ1) is 13.8. The van der Waals surface area contributed by atoms with E-state index in [1.54, 1.807) is 24.3 Å². The molecule has 0 atom stereocenters. The van der Waals surface area contributed by atoms with E-state index in [9.17, 15) is 13.2 Å². The highest BCUT2D eigenvalue weighted by Gasteiger charge is 2.53. The number of nitrogens with zero attached hydrogens (tertiary/aromatic N) is 1. The van der Waals surface area contributed by atoms with Crippen molar-refractivity contribution >= 4 is 21.6 Å². The second-order valence-corrected chi connectivity index (χ2v) is 11.3. The predicted octanol–water partition coefficient (Wildman–Crippen LogP) is 2.19. The maximum absolute atomic E-state index is 12.6. The summed E-state index contributed by atoms with van der Waals surface area (Å²) in [6.07, 6.45) is 8.02. The highest BCUT2D eigenvalue weighted by atomic mass is 32.2. The largest absolute Gasteiger partial charge is 0.334 e. The van der Waals surface area contributed by atoms with Gasteiger partial charge in [0, 0.05) is 38.0 Å². The van der Waals surface area contributed by atoms with Crippen LogP contribution in [-0.2, 0) is 14.8 Å². The van der Waals surface area contributed by atoms with Crippen molar-refractivity contribution in [3.63, 3.8) is 0 Å². The summed E-state index contributed by atoms with van der Waals surface area (Å²) in [4.78, 5) is 12.8. The summed E-state index contributed by atoms with van der Waals surface area (Å²) < 4.78 is 26.6. The Morgan fingerprint density at radius 1 is 1.03 bits per heavy atom. The van der Waals surface area contributed by atoms with Crippen LogP contribution in [0.3, 0.4) is 0 Å². The van der Waals surface area contributed by atoms with Crippen LogP contribution in [0.15, 0.2) is 29.2 Å². The molecule has 0 heterocycles. The summed E-state index contributed by atoms with van der Waals surface area (Å²) >= 11 is 0. The first kappa shape index (κ1) is 20.8. The minimum absolute atomic E-state index is 0.0138. The van der Waals surface area contributed by atoms with Crippen LogP contribution in [0.1, 0.15) is 52.4 Å². The number of amides is 1. The quantitative estimate of drug-likeness (QED) is 0.676. The van der Waals surface area contributed by atoms with E-state index in [1.807, 2.05) is 13.8 Å². The van der Waals surface area contributed by atoms with Gasteiger partial charge in [0.05, 0.1) is 10.4 Å². The molecular formula is C22H34N3O3S+. The number of benzene rings is 1. The molecule has 5 rings (SSSR count). The molecule has 160 valence electrons. The smallest absolute Gasteiger partial charge is 0.279 e. The molecule has 0 spiro atoms. The lowest BCUT2D eigenvalue weighted by molar-refractivity contribution is -0.729. The summed E-state index contributed by atoms with van der Waals surface area (Å²) in [5.41, 5.74) is 0.931. The molecule has 4 fully saturated rings. The van der Waals surface area contributed by atoms with Gasteiger partial charge in [0.1, 0.15) is 0 Å². The van der Waals surface area contributed by atoms with Crippen LogP contribution in [0.25, 0.3) is 0 Å². The van der Waals surface area contributed by atoms with Gasteiger partial charge in [-0.25, -0.2) is 8.42 Å². The van der Waals surface area contributed by atoms with Crippen molar-refractivity contribution in [2.75, 3.05) is 25.0 Å². The van der Waals surface area contributed by atoms with Crippen molar-refractivity contribution in [1.29, 1.82) is 0 Å². The van der Waals surface area contributed by atoms with E-state index >= 15 is 0 Å². The zero-order chi connectivity index (χ0) is 20.6. The van der Waals surface area contributed by atoms with Crippen molar-refractivity contribution in [2.24, 2.45) is 17.8 Å². The highest BCUT2D eigenvalue weighted by Crippen LogP contribution is 2.54. The number of hydrogen-bond donors (Lipinski definition) is 2. The second kappa shape index (κ2) is 8.00. The SMILES string of the molecule is CCN(CC)S(=O)(=O)c1ccc(NC(=O)C[NH2+]C23CC4CC(CC(C4)C2)C3)cc1. The van der Waals surface area contributed by atoms with Crippen LogP contribution >= 0.6 is 0 Å². The number of sulfonamides is 1. The van der Waals surface area contributed by atoms with E-state index in [2.05, 4.69) is 10.6 Å². The standard InChI is InChI=1S/C22H33N3O3S/c1-3-25(4-2)29(27,28)20-7-5-19(6-8-20)24-21(26)15-23-22-12-16-9-17(13-22)11-18(10-16)14-22/h5-8,16-18,23H,3-4,9-15H2,1-2H3,(H,24,26)/p+1. The number of nitrogens with one attached hydrogen (secondary N) is 1. The normalized spacial score (nSPS) is 30.7. The number of carbonyl (C=O) groups is 1. The summed E-state index contributed by atoms with van der Waals surface area (Å²) in [6, 6.07) is 6.51. The molecule has 6 nitrogen and oxygen atoms in total. The molecule has 29 heavy (non-hydrogen) atoms. The van der Waals surface area contributed by atoms with Crippen LogP contribution < -0.4 is 10.6 Å². The third-order valence-corrected chi connectivity index (χ3v) is 9.35. The van der Waals surface area contributed by atoms with E-state index in [0.717, 1.165) is 17.8 Å². The average Bonchev–Trinajstić information content (AvgIpc) is 2.67. The maximum Gasteiger partial charge on any atom is 0.279 e. The van der Waals surface area contributed by atoms with Crippen molar-refractivity contribution in [1.82, 2.24) is 4.31 Å². The Hall–Kier alpha value is -1.44. The molecule has 4 aliphatic rings. The molecule has 4 saturated carbocycles. The summed E-state index contributed by atoms with van der Waals surface area (Å²) in [6.45, 7) is 4.98. The Morgan fingerprint density at radius 3 is 2.03 bits per heavy atom. The first-order valence-electron chi connectivity index (χ1n) is 11.1. The molecule has 0 radical (unpaired) electrons. The minimum atomic E-state index is -3.47. The summed E-state index contributed by atoms with van der Waals surface area (Å²) in [5, 5.41) is 5.23. The van der Waals surface area contributed by atoms with Gasteiger partial charge in [-0.1, -0.05) is 13.8 Å². The Balaban J connectivity index is 1.33. The molecule has 4 bridgehead atoms. The predicted molar refractivity (Wildman–Crippen MR) is 113 cm³/mol. The zero-order valence-electron chi connectivity index (χ0n) is 17.6. The Kier molecular flexibility index (Phi) is 5.75. The fraction of sp³-hybridized carbons (Fsp3) is 0.682. The van der Waals surface area contributed by atoms with Crippen LogP contribution in [-0.4, -0.2) is 43.8 Å². The Morgan fingerprint density at radius 2 is 1.55 bits per heavy atom. The fourth-order valence-corrected chi connectivity index (χ4v) is 7.83. The second-order valence-electron chi connectivity index (χ2n) is 9.35. The molecule has 7 heteroatoms. The van der Waals surface area contributed by atoms with Crippen LogP contribution in [0.2, 0.25) is 0 Å². The van der Waals surface area contributed by atoms with Crippen molar-refractivity contribution in [3.8, 4) is 0 Å². The molecule has 1 aromatic rings. The highest BCUT2D eigenvalue weighted by molar-refractivity contribution is 7.89. The van der Waals surface area contributed by atoms with Gasteiger partial charge in [0.2, 0.25) is 10.0 Å². The molecule has 1 amide bonds. The lowest BCUT2D eigenvalue weighted by atomic mass is 9.53. The summed E-state index contributed by atoms with van der Waals surface area (Å²) in [7, 11) is -3.47. The van der Waals surface area contributed by atoms with Crippen molar-refractivity contribution in [2.45, 2.75) is 62.8 Å². The molecule has 0 aromatic heterocycles. The minimum Gasteiger partial charge on any atom is -0.334 e. The van der Waals surface area contributed by atoms with Gasteiger partial charge in [-0.15, -0.1) is 0 Å². The monoisotopic (exact) mass is 420 g/mol. The van der Waals surface area contributed by atoms with Crippen LogP contribution in [0.5, 0.6) is 0 Å². The van der Waals surface area contributed by atoms with Gasteiger partial charge in [0.15, 0.2) is 6.54 Å². The van der Waals surface area contributed by atoms with E-state index < -0.39 is 10.0 Å². The lowest BCUT2D eigenvalue weighted by Crippen LogP contribution is -3.00. The molecule has 4 aliphatic carbocycles. The fourth-order valence-electron chi connectivity index (χ4n) is 6.37. The Bertz CT molecular complexity index is 811. The topological polar surface area (TPSA) is 83.1 Å². The van der Waals surface area contributed by atoms with Gasteiger partial charge in [-0.2, -0.15) is 4.31 Å². The van der Waals surface area contributed by atoms with Crippen molar-refractivity contribution < 1.29 is 18.5 Å². The van der Waals surface area contributed by atoms with E-state index in [0.29, 0.717) is 25.3 Å². The van der Waals surface area contributed by atoms with E-state index in [4.69, 9.17) is 0 Å². The van der Waals surface area contributed by atoms with Gasteiger partial charge in [-0.3, -0.25) is 4.79 Å². The molecule has 0 unspecified atom stereocenters. The number of nitrogens with two attached hydrogens (primary N) is 1. The first-order valence-corrected chi connectivity index (χ1v) is 12.5. The molecule has 0 aliphatic heterocycles. The third-order valence-electron chi connectivity index (χ3n) is 7.29. The molecule has 0 saturated heterocycles. The molecule has 3 N–H and O–H groups in total. The molecule has 1 aromatic carbocycles. The van der Waals surface area contributed by atoms with E-state index in [-0.39, 0.29) is 16.3 Å². The zero-order valence-corrected chi connectivity index (χ0v) is 18.4. The van der Waals surface area contributed by atoms with Gasteiger partial charge >= 0.3 is 0 Å². The number of anilines is 1. The van der Waals surface area contributed by atoms with Gasteiger partial charge in [0.25, 0.3) is 5.91 Å².